The van der Waals surface area contributed by atoms with E-state index in [0.717, 1.165) is 27.4 Å². The van der Waals surface area contributed by atoms with Gasteiger partial charge in [0.15, 0.2) is 6.54 Å². The molecule has 0 aliphatic carbocycles. The van der Waals surface area contributed by atoms with E-state index in [4.69, 9.17) is 11.6 Å². The molecule has 0 aromatic heterocycles. The van der Waals surface area contributed by atoms with E-state index in [1.54, 1.807) is 0 Å². The van der Waals surface area contributed by atoms with E-state index in [-0.39, 0.29) is 11.9 Å². The second-order valence-corrected chi connectivity index (χ2v) is 6.54. The minimum absolute atomic E-state index is 0.0147. The maximum Gasteiger partial charge on any atom is 0.279 e. The first kappa shape index (κ1) is 17.5. The van der Waals surface area contributed by atoms with Gasteiger partial charge in [0.1, 0.15) is 6.04 Å². The van der Waals surface area contributed by atoms with E-state index in [2.05, 4.69) is 31.3 Å². The second kappa shape index (κ2) is 7.62. The van der Waals surface area contributed by atoms with Gasteiger partial charge in [0.2, 0.25) is 0 Å². The SMILES string of the molecule is Cc1cc(C)c(NC(=O)C[NH2+][C@H](C)c2ccc(Cl)cc2)c(C)c1. The molecule has 1 atom stereocenters. The standard InChI is InChI=1S/C19H23ClN2O/c1-12-9-13(2)19(14(3)10-12)22-18(23)11-21-15(4)16-5-7-17(20)8-6-16/h5-10,15,21H,11H2,1-4H3,(H,22,23)/p+1/t15-/m1/s1. The third-order valence-corrected chi connectivity index (χ3v) is 4.25. The molecular formula is C19H24ClN2O+. The van der Waals surface area contributed by atoms with E-state index in [1.807, 2.05) is 43.4 Å². The van der Waals surface area contributed by atoms with Gasteiger partial charge < -0.3 is 10.6 Å². The van der Waals surface area contributed by atoms with E-state index in [0.29, 0.717) is 6.54 Å². The second-order valence-electron chi connectivity index (χ2n) is 6.10. The highest BCUT2D eigenvalue weighted by Crippen LogP contribution is 2.21. The average Bonchev–Trinajstić information content (AvgIpc) is 2.49. The number of benzene rings is 2. The highest BCUT2D eigenvalue weighted by molar-refractivity contribution is 6.30. The van der Waals surface area contributed by atoms with Crippen molar-refractivity contribution in [1.29, 1.82) is 0 Å². The number of carbonyl (C=O) groups is 1. The number of amides is 1. The Morgan fingerprint density at radius 3 is 2.26 bits per heavy atom. The molecule has 1 amide bonds. The van der Waals surface area contributed by atoms with Gasteiger partial charge >= 0.3 is 0 Å². The van der Waals surface area contributed by atoms with Crippen molar-refractivity contribution in [3.05, 3.63) is 63.7 Å². The lowest BCUT2D eigenvalue weighted by Gasteiger charge is -2.14. The molecule has 23 heavy (non-hydrogen) atoms. The van der Waals surface area contributed by atoms with Gasteiger partial charge in [-0.2, -0.15) is 0 Å². The van der Waals surface area contributed by atoms with E-state index in [1.165, 1.54) is 5.56 Å². The topological polar surface area (TPSA) is 45.7 Å². The van der Waals surface area contributed by atoms with Crippen LogP contribution < -0.4 is 10.6 Å². The summed E-state index contributed by atoms with van der Waals surface area (Å²) in [6.07, 6.45) is 0. The highest BCUT2D eigenvalue weighted by atomic mass is 35.5. The van der Waals surface area contributed by atoms with E-state index >= 15 is 0 Å². The Kier molecular flexibility index (Phi) is 5.80. The number of nitrogens with two attached hydrogens (primary N) is 1. The Bertz CT molecular complexity index is 672. The van der Waals surface area contributed by atoms with Gasteiger partial charge in [0, 0.05) is 16.3 Å². The molecule has 0 heterocycles. The molecule has 2 aromatic carbocycles. The van der Waals surface area contributed by atoms with Crippen molar-refractivity contribution in [2.45, 2.75) is 33.7 Å². The van der Waals surface area contributed by atoms with Crippen molar-refractivity contribution in [1.82, 2.24) is 0 Å². The third-order valence-electron chi connectivity index (χ3n) is 3.99. The molecule has 3 nitrogen and oxygen atoms in total. The third kappa shape index (κ3) is 4.81. The number of quaternary nitrogens is 1. The molecule has 4 heteroatoms. The number of hydrogen-bond donors (Lipinski definition) is 2. The van der Waals surface area contributed by atoms with Crippen LogP contribution in [0.1, 0.15) is 35.2 Å². The van der Waals surface area contributed by atoms with Crippen LogP contribution in [0.4, 0.5) is 5.69 Å². The molecule has 122 valence electrons. The first-order chi connectivity index (χ1) is 10.9. The minimum Gasteiger partial charge on any atom is -0.333 e. The molecule has 3 N–H and O–H groups in total. The van der Waals surface area contributed by atoms with E-state index in [9.17, 15) is 4.79 Å². The smallest absolute Gasteiger partial charge is 0.279 e. The van der Waals surface area contributed by atoms with Crippen LogP contribution in [0.3, 0.4) is 0 Å². The summed E-state index contributed by atoms with van der Waals surface area (Å²) in [5.41, 5.74) is 5.49. The fourth-order valence-corrected chi connectivity index (χ4v) is 2.88. The monoisotopic (exact) mass is 331 g/mol. The maximum absolute atomic E-state index is 12.2. The van der Waals surface area contributed by atoms with Crippen LogP contribution >= 0.6 is 11.6 Å². The number of aryl methyl sites for hydroxylation is 3. The number of carbonyl (C=O) groups excluding carboxylic acids is 1. The number of rotatable bonds is 5. The fourth-order valence-electron chi connectivity index (χ4n) is 2.75. The first-order valence-corrected chi connectivity index (χ1v) is 8.21. The lowest BCUT2D eigenvalue weighted by molar-refractivity contribution is -0.682. The molecule has 0 fully saturated rings. The van der Waals surface area contributed by atoms with Crippen molar-refractivity contribution >= 4 is 23.2 Å². The Morgan fingerprint density at radius 1 is 1.13 bits per heavy atom. The van der Waals surface area contributed by atoms with Gasteiger partial charge in [-0.1, -0.05) is 41.4 Å². The molecule has 0 unspecified atom stereocenters. The van der Waals surface area contributed by atoms with Crippen LogP contribution in [-0.2, 0) is 4.79 Å². The molecule has 0 aliphatic rings. The molecule has 0 aliphatic heterocycles. The molecule has 0 radical (unpaired) electrons. The Balaban J connectivity index is 1.94. The largest absolute Gasteiger partial charge is 0.333 e. The Morgan fingerprint density at radius 2 is 1.70 bits per heavy atom. The summed E-state index contributed by atoms with van der Waals surface area (Å²) < 4.78 is 0. The fraction of sp³-hybridized carbons (Fsp3) is 0.316. The van der Waals surface area contributed by atoms with Gasteiger partial charge in [-0.25, -0.2) is 0 Å². The Labute approximate surface area is 143 Å². The molecule has 0 saturated heterocycles. The lowest BCUT2D eigenvalue weighted by atomic mass is 10.1. The number of hydrogen-bond acceptors (Lipinski definition) is 1. The van der Waals surface area contributed by atoms with Crippen molar-refractivity contribution < 1.29 is 10.1 Å². The van der Waals surface area contributed by atoms with Crippen molar-refractivity contribution in [2.75, 3.05) is 11.9 Å². The summed E-state index contributed by atoms with van der Waals surface area (Å²) in [4.78, 5) is 12.2. The molecule has 0 bridgehead atoms. The normalized spacial score (nSPS) is 12.0. The number of halogens is 1. The van der Waals surface area contributed by atoms with Gasteiger partial charge in [-0.05, 0) is 51.0 Å². The zero-order chi connectivity index (χ0) is 17.0. The van der Waals surface area contributed by atoms with Crippen LogP contribution in [0.5, 0.6) is 0 Å². The summed E-state index contributed by atoms with van der Waals surface area (Å²) in [6, 6.07) is 12.1. The molecule has 2 rings (SSSR count). The molecular weight excluding hydrogens is 308 g/mol. The summed E-state index contributed by atoms with van der Waals surface area (Å²) >= 11 is 5.90. The maximum atomic E-state index is 12.2. The quantitative estimate of drug-likeness (QED) is 0.865. The predicted molar refractivity (Wildman–Crippen MR) is 95.9 cm³/mol. The van der Waals surface area contributed by atoms with Gasteiger partial charge in [0.25, 0.3) is 5.91 Å². The van der Waals surface area contributed by atoms with Crippen LogP contribution in [0, 0.1) is 20.8 Å². The van der Waals surface area contributed by atoms with Crippen molar-refractivity contribution in [2.24, 2.45) is 0 Å². The van der Waals surface area contributed by atoms with Crippen LogP contribution in [-0.4, -0.2) is 12.5 Å². The van der Waals surface area contributed by atoms with Crippen LogP contribution in [0.25, 0.3) is 0 Å². The minimum atomic E-state index is 0.0147. The summed E-state index contributed by atoms with van der Waals surface area (Å²) in [5, 5.41) is 5.78. The summed E-state index contributed by atoms with van der Waals surface area (Å²) in [7, 11) is 0. The summed E-state index contributed by atoms with van der Waals surface area (Å²) in [6.45, 7) is 8.58. The lowest BCUT2D eigenvalue weighted by Crippen LogP contribution is -2.86. The van der Waals surface area contributed by atoms with E-state index < -0.39 is 0 Å². The summed E-state index contributed by atoms with van der Waals surface area (Å²) in [5.74, 6) is 0.0147. The molecule has 2 aromatic rings. The first-order valence-electron chi connectivity index (χ1n) is 7.83. The molecule has 0 spiro atoms. The zero-order valence-electron chi connectivity index (χ0n) is 14.1. The van der Waals surface area contributed by atoms with Crippen molar-refractivity contribution in [3.63, 3.8) is 0 Å². The van der Waals surface area contributed by atoms with Crippen molar-refractivity contribution in [3.8, 4) is 0 Å². The number of anilines is 1. The predicted octanol–water partition coefficient (Wildman–Crippen LogP) is 3.53. The zero-order valence-corrected chi connectivity index (χ0v) is 14.9. The van der Waals surface area contributed by atoms with Gasteiger partial charge in [0.05, 0.1) is 0 Å². The number of nitrogens with one attached hydrogen (secondary N) is 1. The molecule has 0 saturated carbocycles. The highest BCUT2D eigenvalue weighted by Gasteiger charge is 2.13. The average molecular weight is 332 g/mol. The van der Waals surface area contributed by atoms with Crippen LogP contribution in [0.2, 0.25) is 5.02 Å². The Hall–Kier alpha value is -1.84. The van der Waals surface area contributed by atoms with Crippen LogP contribution in [0.15, 0.2) is 36.4 Å². The van der Waals surface area contributed by atoms with Gasteiger partial charge in [-0.15, -0.1) is 0 Å². The van der Waals surface area contributed by atoms with Gasteiger partial charge in [-0.3, -0.25) is 4.79 Å².